The van der Waals surface area contributed by atoms with Gasteiger partial charge in [0, 0.05) is 12.6 Å². The Morgan fingerprint density at radius 1 is 1.21 bits per heavy atom. The van der Waals surface area contributed by atoms with E-state index in [0.29, 0.717) is 12.0 Å². The van der Waals surface area contributed by atoms with Crippen LogP contribution in [0.15, 0.2) is 18.2 Å². The zero-order valence-electron chi connectivity index (χ0n) is 11.0. The quantitative estimate of drug-likeness (QED) is 0.729. The van der Waals surface area contributed by atoms with E-state index in [2.05, 4.69) is 4.98 Å². The van der Waals surface area contributed by atoms with Crippen LogP contribution < -0.4 is 0 Å². The van der Waals surface area contributed by atoms with Crippen LogP contribution in [0.5, 0.6) is 0 Å². The van der Waals surface area contributed by atoms with Crippen molar-refractivity contribution in [3.05, 3.63) is 29.8 Å². The summed E-state index contributed by atoms with van der Waals surface area (Å²) in [6, 6.07) is 4.78. The third-order valence-electron chi connectivity index (χ3n) is 4.44. The number of carbonyl (C=O) groups excluding carboxylic acids is 1. The Morgan fingerprint density at radius 2 is 2.00 bits per heavy atom. The predicted octanol–water partition coefficient (Wildman–Crippen LogP) is 3.02. The second-order valence-electron chi connectivity index (χ2n) is 5.60. The van der Waals surface area contributed by atoms with Crippen LogP contribution in [0.4, 0.5) is 4.39 Å². The first-order valence-corrected chi connectivity index (χ1v) is 7.19. The number of amides is 1. The second kappa shape index (κ2) is 5.27. The first-order chi connectivity index (χ1) is 9.25. The molecule has 3 rings (SSSR count). The van der Waals surface area contributed by atoms with Crippen molar-refractivity contribution >= 4 is 5.91 Å². The van der Waals surface area contributed by atoms with Crippen molar-refractivity contribution in [3.63, 3.8) is 0 Å². The normalized spacial score (nSPS) is 26.9. The third-order valence-corrected chi connectivity index (χ3v) is 4.44. The molecule has 1 saturated carbocycles. The predicted molar refractivity (Wildman–Crippen MR) is 70.2 cm³/mol. The molecule has 2 heterocycles. The summed E-state index contributed by atoms with van der Waals surface area (Å²) in [4.78, 5) is 18.2. The summed E-state index contributed by atoms with van der Waals surface area (Å²) < 4.78 is 13.1. The molecule has 1 saturated heterocycles. The molecule has 1 amide bonds. The van der Waals surface area contributed by atoms with Crippen LogP contribution in [0, 0.1) is 11.9 Å². The maximum atomic E-state index is 13.1. The van der Waals surface area contributed by atoms with Crippen molar-refractivity contribution in [3.8, 4) is 0 Å². The molecule has 4 heteroatoms. The van der Waals surface area contributed by atoms with E-state index in [1.54, 1.807) is 12.1 Å². The van der Waals surface area contributed by atoms with Gasteiger partial charge < -0.3 is 4.90 Å². The summed E-state index contributed by atoms with van der Waals surface area (Å²) in [6.45, 7) is 0.790. The molecule has 2 aliphatic rings. The lowest BCUT2D eigenvalue weighted by Crippen LogP contribution is -2.49. The minimum absolute atomic E-state index is 0.101. The van der Waals surface area contributed by atoms with Crippen LogP contribution in [-0.2, 0) is 0 Å². The van der Waals surface area contributed by atoms with Gasteiger partial charge in [0.15, 0.2) is 0 Å². The van der Waals surface area contributed by atoms with E-state index in [-0.39, 0.29) is 11.6 Å². The largest absolute Gasteiger partial charge is 0.334 e. The Morgan fingerprint density at radius 3 is 2.84 bits per heavy atom. The average molecular weight is 262 g/mol. The topological polar surface area (TPSA) is 33.2 Å². The number of carbonyl (C=O) groups is 1. The fourth-order valence-electron chi connectivity index (χ4n) is 3.55. The van der Waals surface area contributed by atoms with Gasteiger partial charge in [0.1, 0.15) is 5.69 Å². The van der Waals surface area contributed by atoms with Crippen LogP contribution in [0.1, 0.15) is 49.0 Å². The molecule has 1 aromatic rings. The van der Waals surface area contributed by atoms with E-state index in [1.165, 1.54) is 31.7 Å². The van der Waals surface area contributed by atoms with Gasteiger partial charge in [0.2, 0.25) is 5.95 Å². The molecule has 1 aromatic heterocycles. The molecule has 1 aliphatic carbocycles. The van der Waals surface area contributed by atoms with E-state index in [1.807, 2.05) is 4.90 Å². The molecule has 2 fully saturated rings. The van der Waals surface area contributed by atoms with Gasteiger partial charge in [-0.2, -0.15) is 4.39 Å². The summed E-state index contributed by atoms with van der Waals surface area (Å²) in [7, 11) is 0. The lowest BCUT2D eigenvalue weighted by atomic mass is 9.78. The standard InChI is InChI=1S/C15H19FN2O/c16-14-9-3-7-12(17-14)15(19)18-10-4-6-11-5-1-2-8-13(11)18/h3,7,9,11,13H,1-2,4-6,8,10H2. The van der Waals surface area contributed by atoms with Crippen molar-refractivity contribution < 1.29 is 9.18 Å². The van der Waals surface area contributed by atoms with E-state index in [9.17, 15) is 9.18 Å². The summed E-state index contributed by atoms with van der Waals surface area (Å²) in [5, 5.41) is 0. The molecule has 2 unspecified atom stereocenters. The smallest absolute Gasteiger partial charge is 0.272 e. The first-order valence-electron chi connectivity index (χ1n) is 7.19. The zero-order chi connectivity index (χ0) is 13.2. The molecule has 0 bridgehead atoms. The van der Waals surface area contributed by atoms with E-state index < -0.39 is 5.95 Å². The van der Waals surface area contributed by atoms with Gasteiger partial charge in [-0.05, 0) is 43.7 Å². The van der Waals surface area contributed by atoms with Gasteiger partial charge in [-0.15, -0.1) is 0 Å². The number of hydrogen-bond acceptors (Lipinski definition) is 2. The highest BCUT2D eigenvalue weighted by atomic mass is 19.1. The maximum absolute atomic E-state index is 13.1. The molecule has 2 atom stereocenters. The molecule has 1 aliphatic heterocycles. The highest BCUT2D eigenvalue weighted by molar-refractivity contribution is 5.92. The monoisotopic (exact) mass is 262 g/mol. The second-order valence-corrected chi connectivity index (χ2v) is 5.60. The molecule has 3 nitrogen and oxygen atoms in total. The van der Waals surface area contributed by atoms with Gasteiger partial charge in [-0.1, -0.05) is 18.9 Å². The van der Waals surface area contributed by atoms with Crippen LogP contribution >= 0.6 is 0 Å². The van der Waals surface area contributed by atoms with E-state index in [4.69, 9.17) is 0 Å². The maximum Gasteiger partial charge on any atom is 0.272 e. The SMILES string of the molecule is O=C(c1cccc(F)n1)N1CCCC2CCCCC21. The van der Waals surface area contributed by atoms with Gasteiger partial charge >= 0.3 is 0 Å². The number of likely N-dealkylation sites (tertiary alicyclic amines) is 1. The number of halogens is 1. The van der Waals surface area contributed by atoms with Gasteiger partial charge in [0.25, 0.3) is 5.91 Å². The fraction of sp³-hybridized carbons (Fsp3) is 0.600. The first kappa shape index (κ1) is 12.6. The minimum atomic E-state index is -0.581. The Balaban J connectivity index is 1.82. The lowest BCUT2D eigenvalue weighted by molar-refractivity contribution is 0.0384. The summed E-state index contributed by atoms with van der Waals surface area (Å²) in [6.07, 6.45) is 7.08. The summed E-state index contributed by atoms with van der Waals surface area (Å²) >= 11 is 0. The Kier molecular flexibility index (Phi) is 3.49. The van der Waals surface area contributed by atoms with Crippen molar-refractivity contribution in [1.82, 2.24) is 9.88 Å². The number of piperidine rings is 1. The van der Waals surface area contributed by atoms with Crippen molar-refractivity contribution in [2.24, 2.45) is 5.92 Å². The van der Waals surface area contributed by atoms with Gasteiger partial charge in [-0.3, -0.25) is 4.79 Å². The number of rotatable bonds is 1. The zero-order valence-corrected chi connectivity index (χ0v) is 11.0. The Labute approximate surface area is 112 Å². The highest BCUT2D eigenvalue weighted by Crippen LogP contribution is 2.35. The van der Waals surface area contributed by atoms with Crippen LogP contribution in [-0.4, -0.2) is 28.4 Å². The van der Waals surface area contributed by atoms with Crippen molar-refractivity contribution in [2.75, 3.05) is 6.54 Å². The molecular formula is C15H19FN2O. The van der Waals surface area contributed by atoms with Crippen LogP contribution in [0.25, 0.3) is 0 Å². The highest BCUT2D eigenvalue weighted by Gasteiger charge is 2.36. The summed E-state index contributed by atoms with van der Waals surface area (Å²) in [5.41, 5.74) is 0.242. The number of pyridine rings is 1. The van der Waals surface area contributed by atoms with Crippen molar-refractivity contribution in [1.29, 1.82) is 0 Å². The Bertz CT molecular complexity index is 475. The fourth-order valence-corrected chi connectivity index (χ4v) is 3.55. The summed E-state index contributed by atoms with van der Waals surface area (Å²) in [5.74, 6) is -0.0424. The van der Waals surface area contributed by atoms with Gasteiger partial charge in [-0.25, -0.2) is 4.98 Å². The number of aromatic nitrogens is 1. The molecule has 0 spiro atoms. The van der Waals surface area contributed by atoms with Crippen LogP contribution in [0.2, 0.25) is 0 Å². The molecule has 19 heavy (non-hydrogen) atoms. The third kappa shape index (κ3) is 2.48. The minimum Gasteiger partial charge on any atom is -0.334 e. The molecular weight excluding hydrogens is 243 g/mol. The molecule has 102 valence electrons. The number of hydrogen-bond donors (Lipinski definition) is 0. The van der Waals surface area contributed by atoms with E-state index in [0.717, 1.165) is 19.4 Å². The molecule has 0 radical (unpaired) electrons. The van der Waals surface area contributed by atoms with Crippen molar-refractivity contribution in [2.45, 2.75) is 44.6 Å². The average Bonchev–Trinajstić information content (AvgIpc) is 2.46. The lowest BCUT2D eigenvalue weighted by Gasteiger charge is -2.44. The molecule has 0 N–H and O–H groups in total. The van der Waals surface area contributed by atoms with Gasteiger partial charge in [0.05, 0.1) is 0 Å². The number of nitrogens with zero attached hydrogens (tertiary/aromatic N) is 2. The number of fused-ring (bicyclic) bond motifs is 1. The Hall–Kier alpha value is -1.45. The van der Waals surface area contributed by atoms with E-state index >= 15 is 0 Å². The van der Waals surface area contributed by atoms with Crippen LogP contribution in [0.3, 0.4) is 0 Å². The molecule has 0 aromatic carbocycles.